The molecule has 3 rings (SSSR count). The topological polar surface area (TPSA) is 49.4 Å². The van der Waals surface area contributed by atoms with Crippen molar-refractivity contribution in [1.82, 2.24) is 10.2 Å². The minimum absolute atomic E-state index is 0.0338. The van der Waals surface area contributed by atoms with Gasteiger partial charge in [0.25, 0.3) is 0 Å². The van der Waals surface area contributed by atoms with E-state index < -0.39 is 5.54 Å². The summed E-state index contributed by atoms with van der Waals surface area (Å²) in [7, 11) is 0. The van der Waals surface area contributed by atoms with Gasteiger partial charge in [-0.1, -0.05) is 30.3 Å². The highest BCUT2D eigenvalue weighted by molar-refractivity contribution is 5.98. The molecule has 21 heavy (non-hydrogen) atoms. The zero-order valence-electron chi connectivity index (χ0n) is 12.7. The molecule has 1 aromatic rings. The molecule has 1 heterocycles. The number of nitrogens with one attached hydrogen (secondary N) is 1. The van der Waals surface area contributed by atoms with Gasteiger partial charge in [0.15, 0.2) is 0 Å². The number of likely N-dealkylation sites (tertiary alicyclic amines) is 1. The number of amides is 2. The summed E-state index contributed by atoms with van der Waals surface area (Å²) in [4.78, 5) is 27.0. The highest BCUT2D eigenvalue weighted by Crippen LogP contribution is 2.51. The maximum absolute atomic E-state index is 13.0. The number of rotatable bonds is 4. The first-order chi connectivity index (χ1) is 10.0. The van der Waals surface area contributed by atoms with E-state index in [0.717, 1.165) is 24.8 Å². The van der Waals surface area contributed by atoms with Crippen molar-refractivity contribution in [2.75, 3.05) is 13.1 Å². The molecule has 0 radical (unpaired) electrons. The van der Waals surface area contributed by atoms with Gasteiger partial charge in [-0.25, -0.2) is 0 Å². The van der Waals surface area contributed by atoms with E-state index in [1.165, 1.54) is 0 Å². The van der Waals surface area contributed by atoms with Crippen molar-refractivity contribution in [3.63, 3.8) is 0 Å². The van der Waals surface area contributed by atoms with Crippen molar-refractivity contribution in [1.29, 1.82) is 0 Å². The summed E-state index contributed by atoms with van der Waals surface area (Å²) in [6, 6.07) is 9.96. The Morgan fingerprint density at radius 2 is 1.86 bits per heavy atom. The van der Waals surface area contributed by atoms with Crippen molar-refractivity contribution >= 4 is 11.8 Å². The predicted octanol–water partition coefficient (Wildman–Crippen LogP) is 1.85. The Hall–Kier alpha value is -1.84. The average molecular weight is 286 g/mol. The molecule has 2 amide bonds. The number of carbonyl (C=O) groups excluding carboxylic acids is 2. The first-order valence-corrected chi connectivity index (χ1v) is 7.70. The van der Waals surface area contributed by atoms with Crippen LogP contribution in [0.1, 0.15) is 38.7 Å². The molecule has 1 unspecified atom stereocenters. The summed E-state index contributed by atoms with van der Waals surface area (Å²) in [6.07, 6.45) is 2.52. The molecule has 1 saturated carbocycles. The normalized spacial score (nSPS) is 25.9. The summed E-state index contributed by atoms with van der Waals surface area (Å²) < 4.78 is 0. The van der Waals surface area contributed by atoms with Crippen LogP contribution in [0.5, 0.6) is 0 Å². The Labute approximate surface area is 125 Å². The quantitative estimate of drug-likeness (QED) is 0.918. The number of likely N-dealkylation sites (N-methyl/N-ethyl adjacent to an activating group) is 1. The Bertz CT molecular complexity index is 565. The van der Waals surface area contributed by atoms with E-state index in [4.69, 9.17) is 0 Å². The van der Waals surface area contributed by atoms with E-state index in [9.17, 15) is 9.59 Å². The van der Waals surface area contributed by atoms with Gasteiger partial charge in [0.1, 0.15) is 5.54 Å². The summed E-state index contributed by atoms with van der Waals surface area (Å²) in [5.74, 6) is 0.0853. The first-order valence-electron chi connectivity index (χ1n) is 7.70. The third kappa shape index (κ3) is 2.04. The van der Waals surface area contributed by atoms with E-state index in [2.05, 4.69) is 5.32 Å². The van der Waals surface area contributed by atoms with Crippen LogP contribution in [0.4, 0.5) is 0 Å². The van der Waals surface area contributed by atoms with Crippen molar-refractivity contribution in [3.05, 3.63) is 35.9 Å². The fourth-order valence-corrected chi connectivity index (χ4v) is 3.24. The van der Waals surface area contributed by atoms with Crippen LogP contribution in [-0.4, -0.2) is 35.3 Å². The molecule has 2 fully saturated rings. The van der Waals surface area contributed by atoms with Gasteiger partial charge < -0.3 is 10.2 Å². The van der Waals surface area contributed by atoms with E-state index >= 15 is 0 Å². The van der Waals surface area contributed by atoms with Crippen LogP contribution in [0.3, 0.4) is 0 Å². The van der Waals surface area contributed by atoms with Gasteiger partial charge in [-0.15, -0.1) is 0 Å². The Morgan fingerprint density at radius 1 is 1.19 bits per heavy atom. The van der Waals surface area contributed by atoms with Crippen molar-refractivity contribution in [2.45, 2.75) is 44.1 Å². The van der Waals surface area contributed by atoms with Crippen LogP contribution in [-0.2, 0) is 15.0 Å². The molecule has 0 aromatic heterocycles. The van der Waals surface area contributed by atoms with Crippen molar-refractivity contribution in [2.24, 2.45) is 0 Å². The molecular weight excluding hydrogens is 264 g/mol. The predicted molar refractivity (Wildman–Crippen MR) is 80.8 cm³/mol. The fraction of sp³-hybridized carbons (Fsp3) is 0.529. The number of benzene rings is 1. The van der Waals surface area contributed by atoms with E-state index in [1.54, 1.807) is 4.90 Å². The summed E-state index contributed by atoms with van der Waals surface area (Å²) in [5.41, 5.74) is 0.0348. The largest absolute Gasteiger partial charge is 0.354 e. The van der Waals surface area contributed by atoms with Crippen LogP contribution in [0.15, 0.2) is 30.3 Å². The molecule has 1 aliphatic heterocycles. The molecule has 1 saturated heterocycles. The molecule has 1 aromatic carbocycles. The molecule has 0 spiro atoms. The standard InChI is InChI=1S/C17H22N2O2/c1-3-18-14(20)16(2)11-12-19(16)15(21)17(9-10-17)13-7-5-4-6-8-13/h4-8H,3,9-12H2,1-2H3,(H,18,20). The van der Waals surface area contributed by atoms with Gasteiger partial charge in [-0.05, 0) is 38.7 Å². The van der Waals surface area contributed by atoms with Gasteiger partial charge in [0.2, 0.25) is 11.8 Å². The minimum atomic E-state index is -0.669. The smallest absolute Gasteiger partial charge is 0.245 e. The molecule has 4 nitrogen and oxygen atoms in total. The fourth-order valence-electron chi connectivity index (χ4n) is 3.24. The van der Waals surface area contributed by atoms with Gasteiger partial charge in [-0.2, -0.15) is 0 Å². The van der Waals surface area contributed by atoms with Gasteiger partial charge in [-0.3, -0.25) is 9.59 Å². The van der Waals surface area contributed by atoms with Crippen LogP contribution in [0, 0.1) is 0 Å². The number of hydrogen-bond acceptors (Lipinski definition) is 2. The second kappa shape index (κ2) is 4.86. The van der Waals surface area contributed by atoms with Crippen LogP contribution >= 0.6 is 0 Å². The Morgan fingerprint density at radius 3 is 2.33 bits per heavy atom. The lowest BCUT2D eigenvalue weighted by Gasteiger charge is -2.50. The molecule has 2 aliphatic rings. The highest BCUT2D eigenvalue weighted by atomic mass is 16.2. The zero-order chi connectivity index (χ0) is 15.1. The summed E-state index contributed by atoms with van der Waals surface area (Å²) >= 11 is 0. The second-order valence-electron chi connectivity index (χ2n) is 6.29. The maximum atomic E-state index is 13.0. The molecule has 1 atom stereocenters. The highest BCUT2D eigenvalue weighted by Gasteiger charge is 2.59. The van der Waals surface area contributed by atoms with Crippen LogP contribution in [0.2, 0.25) is 0 Å². The SMILES string of the molecule is CCNC(=O)C1(C)CCN1C(=O)C1(c2ccccc2)CC1. The molecule has 1 N–H and O–H groups in total. The third-order valence-electron chi connectivity index (χ3n) is 4.98. The average Bonchev–Trinajstić information content (AvgIpc) is 3.28. The molecule has 4 heteroatoms. The molecule has 0 bridgehead atoms. The minimum Gasteiger partial charge on any atom is -0.354 e. The van der Waals surface area contributed by atoms with Crippen LogP contribution in [0.25, 0.3) is 0 Å². The molecule has 1 aliphatic carbocycles. The number of nitrogens with zero attached hydrogens (tertiary/aromatic N) is 1. The first kappa shape index (κ1) is 14.1. The van der Waals surface area contributed by atoms with Gasteiger partial charge in [0, 0.05) is 13.1 Å². The zero-order valence-corrected chi connectivity index (χ0v) is 12.7. The maximum Gasteiger partial charge on any atom is 0.245 e. The van der Waals surface area contributed by atoms with Gasteiger partial charge >= 0.3 is 0 Å². The van der Waals surface area contributed by atoms with E-state index in [-0.39, 0.29) is 17.2 Å². The monoisotopic (exact) mass is 286 g/mol. The summed E-state index contributed by atoms with van der Waals surface area (Å²) in [6.45, 7) is 5.06. The third-order valence-corrected chi connectivity index (χ3v) is 4.98. The van der Waals surface area contributed by atoms with E-state index in [0.29, 0.717) is 13.1 Å². The lowest BCUT2D eigenvalue weighted by atomic mass is 9.82. The lowest BCUT2D eigenvalue weighted by Crippen LogP contribution is -2.68. The Balaban J connectivity index is 1.82. The molecular formula is C17H22N2O2. The van der Waals surface area contributed by atoms with Crippen molar-refractivity contribution < 1.29 is 9.59 Å². The van der Waals surface area contributed by atoms with Crippen molar-refractivity contribution in [3.8, 4) is 0 Å². The Kier molecular flexibility index (Phi) is 3.27. The number of hydrogen-bond donors (Lipinski definition) is 1. The lowest BCUT2D eigenvalue weighted by molar-refractivity contribution is -0.159. The van der Waals surface area contributed by atoms with Gasteiger partial charge in [0.05, 0.1) is 5.41 Å². The summed E-state index contributed by atoms with van der Waals surface area (Å²) in [5, 5.41) is 2.85. The number of carbonyl (C=O) groups is 2. The second-order valence-corrected chi connectivity index (χ2v) is 6.29. The van der Waals surface area contributed by atoms with Crippen LogP contribution < -0.4 is 5.32 Å². The molecule has 112 valence electrons. The van der Waals surface area contributed by atoms with E-state index in [1.807, 2.05) is 44.2 Å².